The molecule has 1 saturated carbocycles. The largest absolute Gasteiger partial charge is 0.316 e. The summed E-state index contributed by atoms with van der Waals surface area (Å²) in [6, 6.07) is 0.140. The summed E-state index contributed by atoms with van der Waals surface area (Å²) in [7, 11) is -1.07. The Morgan fingerprint density at radius 2 is 1.85 bits per heavy atom. The summed E-state index contributed by atoms with van der Waals surface area (Å²) in [5.74, 6) is 0.879. The first kappa shape index (κ1) is 18.0. The molecule has 0 aromatic carbocycles. The van der Waals surface area contributed by atoms with E-state index in [0.29, 0.717) is 11.7 Å². The van der Waals surface area contributed by atoms with E-state index in [2.05, 4.69) is 33.0 Å². The first-order valence-corrected chi connectivity index (χ1v) is 9.88. The van der Waals surface area contributed by atoms with Crippen molar-refractivity contribution in [1.82, 2.24) is 5.32 Å². The van der Waals surface area contributed by atoms with Crippen LogP contribution in [0.5, 0.6) is 0 Å². The normalized spacial score (nSPS) is 28.6. The maximum Gasteiger partial charge on any atom is 0.154 e. The summed E-state index contributed by atoms with van der Waals surface area (Å²) in [5, 5.41) is 3.06. The number of nitrogens with one attached hydrogen (secondary N) is 1. The molecule has 4 heteroatoms. The summed E-state index contributed by atoms with van der Waals surface area (Å²) < 4.78 is 25.3. The van der Waals surface area contributed by atoms with Gasteiger partial charge in [-0.05, 0) is 44.1 Å². The van der Waals surface area contributed by atoms with E-state index >= 15 is 0 Å². The van der Waals surface area contributed by atoms with E-state index in [-0.39, 0.29) is 16.7 Å². The van der Waals surface area contributed by atoms with Gasteiger partial charge in [0.1, 0.15) is 0 Å². The van der Waals surface area contributed by atoms with E-state index in [9.17, 15) is 8.42 Å². The first-order valence-electron chi connectivity index (χ1n) is 8.17. The number of hydrogen-bond donors (Lipinski definition) is 1. The Bertz CT molecular complexity index is 389. The zero-order valence-corrected chi connectivity index (χ0v) is 14.7. The average Bonchev–Trinajstić information content (AvgIpc) is 2.44. The van der Waals surface area contributed by atoms with Gasteiger partial charge in [0.15, 0.2) is 9.84 Å². The molecule has 1 rings (SSSR count). The summed E-state index contributed by atoms with van der Waals surface area (Å²) >= 11 is 0. The smallest absolute Gasteiger partial charge is 0.154 e. The highest BCUT2D eigenvalue weighted by Gasteiger charge is 2.41. The topological polar surface area (TPSA) is 46.2 Å². The van der Waals surface area contributed by atoms with E-state index in [1.54, 1.807) is 0 Å². The highest BCUT2D eigenvalue weighted by molar-refractivity contribution is 7.92. The fraction of sp³-hybridized carbons (Fsp3) is 1.00. The van der Waals surface area contributed by atoms with Crippen LogP contribution in [0.4, 0.5) is 0 Å². The van der Waals surface area contributed by atoms with Crippen LogP contribution < -0.4 is 5.32 Å². The maximum absolute atomic E-state index is 12.6. The van der Waals surface area contributed by atoms with E-state index < -0.39 is 9.84 Å². The van der Waals surface area contributed by atoms with Gasteiger partial charge < -0.3 is 5.32 Å². The van der Waals surface area contributed by atoms with Crippen LogP contribution in [-0.4, -0.2) is 32.5 Å². The fourth-order valence-corrected chi connectivity index (χ4v) is 5.64. The van der Waals surface area contributed by atoms with Crippen LogP contribution in [0.2, 0.25) is 0 Å². The van der Waals surface area contributed by atoms with Gasteiger partial charge in [0.05, 0.1) is 11.0 Å². The lowest BCUT2D eigenvalue weighted by Gasteiger charge is -2.42. The Morgan fingerprint density at radius 1 is 1.20 bits per heavy atom. The molecule has 3 atom stereocenters. The summed E-state index contributed by atoms with van der Waals surface area (Å²) in [6.45, 7) is 8.83. The predicted octanol–water partition coefficient (Wildman–Crippen LogP) is 3.39. The third-order valence-corrected chi connectivity index (χ3v) is 7.72. The van der Waals surface area contributed by atoms with Crippen molar-refractivity contribution in [2.45, 2.75) is 77.5 Å². The lowest BCUT2D eigenvalue weighted by molar-refractivity contribution is 0.140. The monoisotopic (exact) mass is 303 g/mol. The second-order valence-electron chi connectivity index (χ2n) is 7.01. The van der Waals surface area contributed by atoms with Gasteiger partial charge in [-0.3, -0.25) is 0 Å². The molecule has 0 heterocycles. The Hall–Kier alpha value is -0.0900. The van der Waals surface area contributed by atoms with Gasteiger partial charge in [0.25, 0.3) is 0 Å². The number of unbranched alkanes of at least 4 members (excludes halogenated alkanes) is 1. The van der Waals surface area contributed by atoms with Gasteiger partial charge in [0.2, 0.25) is 0 Å². The van der Waals surface area contributed by atoms with E-state index in [1.807, 2.05) is 7.05 Å². The second-order valence-corrected chi connectivity index (χ2v) is 9.35. The minimum atomic E-state index is -2.97. The molecule has 0 bridgehead atoms. The zero-order valence-electron chi connectivity index (χ0n) is 13.9. The molecule has 0 radical (unpaired) electrons. The van der Waals surface area contributed by atoms with Gasteiger partial charge in [0, 0.05) is 6.04 Å². The molecule has 1 fully saturated rings. The molecule has 0 aromatic heterocycles. The van der Waals surface area contributed by atoms with Crippen LogP contribution in [0, 0.1) is 11.3 Å². The molecular formula is C16H33NO2S. The molecule has 0 aromatic rings. The third kappa shape index (κ3) is 4.20. The van der Waals surface area contributed by atoms with Gasteiger partial charge in [-0.25, -0.2) is 8.42 Å². The number of rotatable bonds is 7. The van der Waals surface area contributed by atoms with Gasteiger partial charge >= 0.3 is 0 Å². The molecular weight excluding hydrogens is 270 g/mol. The highest BCUT2D eigenvalue weighted by Crippen LogP contribution is 2.42. The van der Waals surface area contributed by atoms with Crippen LogP contribution >= 0.6 is 0 Å². The van der Waals surface area contributed by atoms with Gasteiger partial charge in [-0.1, -0.05) is 40.5 Å². The third-order valence-electron chi connectivity index (χ3n) is 5.42. The van der Waals surface area contributed by atoms with Crippen molar-refractivity contribution in [2.24, 2.45) is 11.3 Å². The minimum absolute atomic E-state index is 0.140. The van der Waals surface area contributed by atoms with Crippen LogP contribution in [0.25, 0.3) is 0 Å². The fourth-order valence-electron chi connectivity index (χ4n) is 3.35. The van der Waals surface area contributed by atoms with Crippen molar-refractivity contribution >= 4 is 9.84 Å². The lowest BCUT2D eigenvalue weighted by atomic mass is 9.68. The SMILES string of the molecule is CCCCS(=O)(=O)C1CC(C(C)(C)CC)CCC1NC. The molecule has 1 aliphatic rings. The van der Waals surface area contributed by atoms with Crippen LogP contribution in [0.1, 0.15) is 66.2 Å². The Balaban J connectivity index is 2.89. The standard InChI is InChI=1S/C16H33NO2S/c1-6-8-11-20(18,19)15-12-13(16(3,4)7-2)9-10-14(15)17-5/h13-15,17H,6-12H2,1-5H3. The molecule has 20 heavy (non-hydrogen) atoms. The molecule has 3 nitrogen and oxygen atoms in total. The minimum Gasteiger partial charge on any atom is -0.316 e. The van der Waals surface area contributed by atoms with Crippen molar-refractivity contribution in [1.29, 1.82) is 0 Å². The Morgan fingerprint density at radius 3 is 2.35 bits per heavy atom. The summed E-state index contributed by atoms with van der Waals surface area (Å²) in [6.07, 6.45) is 5.81. The molecule has 0 saturated heterocycles. The van der Waals surface area contributed by atoms with Crippen molar-refractivity contribution < 1.29 is 8.42 Å². The van der Waals surface area contributed by atoms with Gasteiger partial charge in [-0.15, -0.1) is 0 Å². The zero-order chi connectivity index (χ0) is 15.4. The highest BCUT2D eigenvalue weighted by atomic mass is 32.2. The molecule has 3 unspecified atom stereocenters. The Kier molecular flexibility index (Phi) is 6.52. The van der Waals surface area contributed by atoms with Crippen LogP contribution in [0.15, 0.2) is 0 Å². The van der Waals surface area contributed by atoms with Crippen molar-refractivity contribution in [3.05, 3.63) is 0 Å². The number of sulfone groups is 1. The van der Waals surface area contributed by atoms with E-state index in [4.69, 9.17) is 0 Å². The molecule has 1 aliphatic carbocycles. The lowest BCUT2D eigenvalue weighted by Crippen LogP contribution is -2.49. The summed E-state index contributed by atoms with van der Waals surface area (Å²) in [5.41, 5.74) is 0.247. The maximum atomic E-state index is 12.6. The average molecular weight is 304 g/mol. The Labute approximate surface area is 125 Å². The molecule has 120 valence electrons. The second kappa shape index (κ2) is 7.26. The molecule has 1 N–H and O–H groups in total. The van der Waals surface area contributed by atoms with Crippen molar-refractivity contribution in [2.75, 3.05) is 12.8 Å². The van der Waals surface area contributed by atoms with Crippen molar-refractivity contribution in [3.8, 4) is 0 Å². The van der Waals surface area contributed by atoms with Crippen molar-refractivity contribution in [3.63, 3.8) is 0 Å². The first-order chi connectivity index (χ1) is 9.28. The quantitative estimate of drug-likeness (QED) is 0.784. The molecule has 0 aliphatic heterocycles. The van der Waals surface area contributed by atoms with Gasteiger partial charge in [-0.2, -0.15) is 0 Å². The number of hydrogen-bond acceptors (Lipinski definition) is 3. The predicted molar refractivity (Wildman–Crippen MR) is 86.7 cm³/mol. The van der Waals surface area contributed by atoms with Crippen LogP contribution in [0.3, 0.4) is 0 Å². The molecule has 0 spiro atoms. The van der Waals surface area contributed by atoms with Crippen LogP contribution in [-0.2, 0) is 9.84 Å². The summed E-state index contributed by atoms with van der Waals surface area (Å²) in [4.78, 5) is 0. The van der Waals surface area contributed by atoms with E-state index in [1.165, 1.54) is 0 Å². The van der Waals surface area contributed by atoms with E-state index in [0.717, 1.165) is 38.5 Å². The molecule has 0 amide bonds.